The Balaban J connectivity index is 1.73. The maximum atomic E-state index is 12.3. The maximum Gasteiger partial charge on any atom is 0.269 e. The number of non-ortho nitro benzene ring substituents is 1. The van der Waals surface area contributed by atoms with Crippen LogP contribution >= 0.6 is 11.8 Å². The number of nitro benzene ring substituents is 1. The first-order valence-corrected chi connectivity index (χ1v) is 10.0. The summed E-state index contributed by atoms with van der Waals surface area (Å²) in [7, 11) is 0. The molecule has 152 valence electrons. The molecule has 1 amide bonds. The first-order chi connectivity index (χ1) is 14.4. The smallest absolute Gasteiger partial charge is 0.269 e. The highest BCUT2D eigenvalue weighted by Gasteiger charge is 2.13. The summed E-state index contributed by atoms with van der Waals surface area (Å²) in [6.45, 7) is 4.12. The molecule has 0 radical (unpaired) electrons. The van der Waals surface area contributed by atoms with E-state index < -0.39 is 4.92 Å². The molecule has 0 unspecified atom stereocenters. The van der Waals surface area contributed by atoms with Gasteiger partial charge in [0.15, 0.2) is 0 Å². The Morgan fingerprint density at radius 2 is 2.10 bits per heavy atom. The summed E-state index contributed by atoms with van der Waals surface area (Å²) in [4.78, 5) is 27.2. The molecule has 0 spiro atoms. The third kappa shape index (κ3) is 4.85. The summed E-state index contributed by atoms with van der Waals surface area (Å²) in [5.41, 5.74) is 2.13. The number of ether oxygens (including phenoxy) is 1. The molecule has 30 heavy (non-hydrogen) atoms. The number of nitrogens with zero attached hydrogens (tertiary/aromatic N) is 3. The summed E-state index contributed by atoms with van der Waals surface area (Å²) in [5, 5.41) is 24.3. The zero-order chi connectivity index (χ0) is 21.7. The van der Waals surface area contributed by atoms with Crippen molar-refractivity contribution in [3.63, 3.8) is 0 Å². The van der Waals surface area contributed by atoms with Gasteiger partial charge in [-0.25, -0.2) is 4.98 Å². The van der Waals surface area contributed by atoms with Crippen molar-refractivity contribution < 1.29 is 14.5 Å². The SMILES string of the molecule is CCOc1ccc2nc(SCC(=O)Nc3ccc([N+](=O)[O-])cc3C)c(C#N)cc2c1. The van der Waals surface area contributed by atoms with Gasteiger partial charge >= 0.3 is 0 Å². The number of benzene rings is 2. The van der Waals surface area contributed by atoms with Gasteiger partial charge in [0.2, 0.25) is 5.91 Å². The molecular weight excluding hydrogens is 404 g/mol. The van der Waals surface area contributed by atoms with Crippen LogP contribution in [0, 0.1) is 28.4 Å². The molecule has 0 aliphatic heterocycles. The predicted octanol–water partition coefficient (Wildman–Crippen LogP) is 4.45. The summed E-state index contributed by atoms with van der Waals surface area (Å²) in [6, 6.07) is 13.5. The minimum absolute atomic E-state index is 0.0357. The first kappa shape index (κ1) is 21.1. The van der Waals surface area contributed by atoms with Crippen LogP contribution in [0.2, 0.25) is 0 Å². The number of nitro groups is 1. The van der Waals surface area contributed by atoms with Crippen LogP contribution in [0.1, 0.15) is 18.1 Å². The number of carbonyl (C=O) groups excluding carboxylic acids is 1. The van der Waals surface area contributed by atoms with Crippen LogP contribution in [-0.2, 0) is 4.79 Å². The zero-order valence-corrected chi connectivity index (χ0v) is 17.2. The Morgan fingerprint density at radius 1 is 1.30 bits per heavy atom. The third-order valence-electron chi connectivity index (χ3n) is 4.22. The van der Waals surface area contributed by atoms with E-state index in [9.17, 15) is 20.2 Å². The van der Waals surface area contributed by atoms with E-state index in [0.717, 1.165) is 17.1 Å². The summed E-state index contributed by atoms with van der Waals surface area (Å²) in [6.07, 6.45) is 0. The van der Waals surface area contributed by atoms with E-state index in [1.165, 1.54) is 18.2 Å². The fourth-order valence-corrected chi connectivity index (χ4v) is 3.57. The normalized spacial score (nSPS) is 10.4. The first-order valence-electron chi connectivity index (χ1n) is 9.06. The maximum absolute atomic E-state index is 12.3. The van der Waals surface area contributed by atoms with Gasteiger partial charge in [-0.2, -0.15) is 5.26 Å². The van der Waals surface area contributed by atoms with Crippen LogP contribution in [0.3, 0.4) is 0 Å². The molecule has 8 nitrogen and oxygen atoms in total. The highest BCUT2D eigenvalue weighted by atomic mass is 32.2. The van der Waals surface area contributed by atoms with E-state index in [-0.39, 0.29) is 17.3 Å². The Kier molecular flexibility index (Phi) is 6.49. The number of rotatable bonds is 7. The van der Waals surface area contributed by atoms with Gasteiger partial charge in [-0.1, -0.05) is 11.8 Å². The lowest BCUT2D eigenvalue weighted by Crippen LogP contribution is -2.15. The molecule has 1 N–H and O–H groups in total. The molecule has 0 fully saturated rings. The van der Waals surface area contributed by atoms with E-state index in [0.29, 0.717) is 39.7 Å². The molecule has 1 heterocycles. The van der Waals surface area contributed by atoms with E-state index in [1.54, 1.807) is 13.0 Å². The van der Waals surface area contributed by atoms with Gasteiger partial charge in [0.1, 0.15) is 16.8 Å². The van der Waals surface area contributed by atoms with E-state index >= 15 is 0 Å². The Labute approximate surface area is 177 Å². The number of nitriles is 1. The number of pyridine rings is 1. The molecule has 3 rings (SSSR count). The van der Waals surface area contributed by atoms with Gasteiger partial charge < -0.3 is 10.1 Å². The second-order valence-electron chi connectivity index (χ2n) is 6.33. The second-order valence-corrected chi connectivity index (χ2v) is 7.30. The van der Waals surface area contributed by atoms with Crippen LogP contribution in [0.25, 0.3) is 10.9 Å². The lowest BCUT2D eigenvalue weighted by atomic mass is 10.1. The van der Waals surface area contributed by atoms with Crippen LogP contribution in [0.4, 0.5) is 11.4 Å². The molecular formula is C21H18N4O4S. The minimum atomic E-state index is -0.486. The fourth-order valence-electron chi connectivity index (χ4n) is 2.81. The molecule has 0 atom stereocenters. The number of nitrogens with one attached hydrogen (secondary N) is 1. The Hall–Kier alpha value is -3.64. The zero-order valence-electron chi connectivity index (χ0n) is 16.3. The molecule has 0 bridgehead atoms. The van der Waals surface area contributed by atoms with Crippen molar-refractivity contribution in [3.05, 3.63) is 63.7 Å². The summed E-state index contributed by atoms with van der Waals surface area (Å²) >= 11 is 1.16. The predicted molar refractivity (Wildman–Crippen MR) is 115 cm³/mol. The highest BCUT2D eigenvalue weighted by Crippen LogP contribution is 2.27. The molecule has 0 saturated carbocycles. The van der Waals surface area contributed by atoms with Gasteiger partial charge in [-0.3, -0.25) is 14.9 Å². The molecule has 1 aromatic heterocycles. The van der Waals surface area contributed by atoms with E-state index in [2.05, 4.69) is 16.4 Å². The average molecular weight is 422 g/mol. The van der Waals surface area contributed by atoms with Crippen molar-refractivity contribution in [2.75, 3.05) is 17.7 Å². The van der Waals surface area contributed by atoms with Crippen LogP contribution in [-0.4, -0.2) is 28.2 Å². The van der Waals surface area contributed by atoms with E-state index in [4.69, 9.17) is 4.74 Å². The summed E-state index contributed by atoms with van der Waals surface area (Å²) in [5.74, 6) is 0.448. The highest BCUT2D eigenvalue weighted by molar-refractivity contribution is 8.00. The number of fused-ring (bicyclic) bond motifs is 1. The van der Waals surface area contributed by atoms with Gasteiger partial charge in [-0.05, 0) is 49.7 Å². The van der Waals surface area contributed by atoms with Crippen LogP contribution in [0.15, 0.2) is 47.5 Å². The van der Waals surface area contributed by atoms with E-state index in [1.807, 2.05) is 25.1 Å². The number of amides is 1. The molecule has 9 heteroatoms. The lowest BCUT2D eigenvalue weighted by Gasteiger charge is -2.09. The van der Waals surface area contributed by atoms with Gasteiger partial charge in [0.05, 0.1) is 28.4 Å². The largest absolute Gasteiger partial charge is 0.494 e. The van der Waals surface area contributed by atoms with Crippen LogP contribution < -0.4 is 10.1 Å². The standard InChI is InChI=1S/C21H18N4O4S/c1-3-29-17-5-7-19-14(10-17)9-15(11-22)21(24-19)30-12-20(26)23-18-6-4-16(25(27)28)8-13(18)2/h4-10H,3,12H2,1-2H3,(H,23,26). The topological polar surface area (TPSA) is 118 Å². The second kappa shape index (κ2) is 9.24. The molecule has 0 aliphatic carbocycles. The lowest BCUT2D eigenvalue weighted by molar-refractivity contribution is -0.384. The average Bonchev–Trinajstić information content (AvgIpc) is 2.73. The number of carbonyl (C=O) groups is 1. The molecule has 0 aliphatic rings. The van der Waals surface area contributed by atoms with Crippen molar-refractivity contribution >= 4 is 39.9 Å². The van der Waals surface area contributed by atoms with Crippen LogP contribution in [0.5, 0.6) is 5.75 Å². The van der Waals surface area contributed by atoms with Crippen molar-refractivity contribution in [2.24, 2.45) is 0 Å². The monoisotopic (exact) mass is 422 g/mol. The minimum Gasteiger partial charge on any atom is -0.494 e. The van der Waals surface area contributed by atoms with Crippen molar-refractivity contribution in [3.8, 4) is 11.8 Å². The Morgan fingerprint density at radius 3 is 2.77 bits per heavy atom. The molecule has 3 aromatic rings. The molecule has 2 aromatic carbocycles. The van der Waals surface area contributed by atoms with Crippen molar-refractivity contribution in [1.29, 1.82) is 5.26 Å². The van der Waals surface area contributed by atoms with Crippen molar-refractivity contribution in [1.82, 2.24) is 4.98 Å². The quantitative estimate of drug-likeness (QED) is 0.339. The number of aryl methyl sites for hydroxylation is 1. The number of anilines is 1. The van der Waals surface area contributed by atoms with Crippen molar-refractivity contribution in [2.45, 2.75) is 18.9 Å². The number of hydrogen-bond donors (Lipinski definition) is 1. The fraction of sp³-hybridized carbons (Fsp3) is 0.190. The number of aromatic nitrogens is 1. The number of hydrogen-bond acceptors (Lipinski definition) is 7. The number of thioether (sulfide) groups is 1. The van der Waals surface area contributed by atoms with Gasteiger partial charge in [0, 0.05) is 23.2 Å². The Bertz CT molecular complexity index is 1170. The van der Waals surface area contributed by atoms with Gasteiger partial charge in [-0.15, -0.1) is 0 Å². The molecule has 0 saturated heterocycles. The third-order valence-corrected chi connectivity index (χ3v) is 5.21. The summed E-state index contributed by atoms with van der Waals surface area (Å²) < 4.78 is 5.48. The van der Waals surface area contributed by atoms with Gasteiger partial charge in [0.25, 0.3) is 5.69 Å².